The number of urea groups is 1. The zero-order chi connectivity index (χ0) is 50.1. The van der Waals surface area contributed by atoms with E-state index in [4.69, 9.17) is 18.9 Å². The van der Waals surface area contributed by atoms with Gasteiger partial charge in [0.05, 0.1) is 50.6 Å². The van der Waals surface area contributed by atoms with Crippen LogP contribution in [-0.2, 0) is 34.7 Å². The average Bonchev–Trinajstić information content (AvgIpc) is 3.88. The Balaban J connectivity index is 1.25. The number of esters is 1. The minimum atomic E-state index is -1.97. The molecule has 6 aromatic carbocycles. The van der Waals surface area contributed by atoms with Gasteiger partial charge in [0.1, 0.15) is 35.7 Å². The van der Waals surface area contributed by atoms with Gasteiger partial charge in [0.2, 0.25) is 11.8 Å². The Morgan fingerprint density at radius 1 is 0.764 bits per heavy atom. The van der Waals surface area contributed by atoms with E-state index in [1.165, 1.54) is 0 Å². The fourth-order valence-electron chi connectivity index (χ4n) is 11.4. The van der Waals surface area contributed by atoms with E-state index in [1.54, 1.807) is 32.2 Å². The first-order chi connectivity index (χ1) is 35.0. The summed E-state index contributed by atoms with van der Waals surface area (Å²) in [5.74, 6) is -2.29. The van der Waals surface area contributed by atoms with Gasteiger partial charge in [0.25, 0.3) is 0 Å². The Kier molecular flexibility index (Phi) is 13.3. The minimum absolute atomic E-state index is 0.0530. The van der Waals surface area contributed by atoms with E-state index in [2.05, 4.69) is 29.4 Å². The van der Waals surface area contributed by atoms with Gasteiger partial charge in [-0.2, -0.15) is 0 Å². The van der Waals surface area contributed by atoms with Crippen LogP contribution in [0.15, 0.2) is 152 Å². The molecule has 6 aromatic rings. The number of carbonyl (C=O) groups is 4. The van der Waals surface area contributed by atoms with Gasteiger partial charge in [0, 0.05) is 36.4 Å². The molecule has 370 valence electrons. The second-order valence-electron chi connectivity index (χ2n) is 19.1. The molecule has 0 aliphatic carbocycles. The van der Waals surface area contributed by atoms with Crippen LogP contribution in [0.1, 0.15) is 72.3 Å². The highest BCUT2D eigenvalue weighted by molar-refractivity contribution is 6.25. The maximum Gasteiger partial charge on any atom is 0.328 e. The molecule has 0 bridgehead atoms. The van der Waals surface area contributed by atoms with E-state index in [0.717, 1.165) is 45.9 Å². The van der Waals surface area contributed by atoms with Crippen molar-refractivity contribution in [1.29, 1.82) is 0 Å². The van der Waals surface area contributed by atoms with Gasteiger partial charge in [-0.3, -0.25) is 19.3 Å². The van der Waals surface area contributed by atoms with Crippen molar-refractivity contribution < 1.29 is 43.2 Å². The molecule has 0 saturated carbocycles. The van der Waals surface area contributed by atoms with Gasteiger partial charge < -0.3 is 39.6 Å². The molecule has 6 atom stereocenters. The van der Waals surface area contributed by atoms with Gasteiger partial charge in [-0.15, -0.1) is 0 Å². The number of nitrogens with zero attached hydrogens (tertiary/aromatic N) is 3. The van der Waals surface area contributed by atoms with Crippen LogP contribution in [0.2, 0.25) is 0 Å². The molecular weight excluding hydrogens is 911 g/mol. The number of cyclic esters (lactones) is 1. The number of morpholine rings is 2. The maximum absolute atomic E-state index is 16.7. The highest BCUT2D eigenvalue weighted by atomic mass is 16.6. The van der Waals surface area contributed by atoms with Crippen LogP contribution in [0.5, 0.6) is 11.5 Å². The molecule has 10 rings (SSSR count). The quantitative estimate of drug-likeness (QED) is 0.0957. The monoisotopic (exact) mass is 969 g/mol. The third-order valence-electron chi connectivity index (χ3n) is 14.9. The first-order valence-electron chi connectivity index (χ1n) is 24.6. The van der Waals surface area contributed by atoms with Gasteiger partial charge in [-0.25, -0.2) is 9.69 Å². The average molecular weight is 970 g/mol. The van der Waals surface area contributed by atoms with Crippen molar-refractivity contribution in [2.24, 2.45) is 5.92 Å². The number of aliphatic hydroxyl groups excluding tert-OH is 1. The van der Waals surface area contributed by atoms with Gasteiger partial charge in [-0.1, -0.05) is 111 Å². The van der Waals surface area contributed by atoms with Crippen molar-refractivity contribution in [2.45, 2.75) is 55.8 Å². The molecule has 0 aromatic heterocycles. The lowest BCUT2D eigenvalue weighted by Crippen LogP contribution is -2.55. The summed E-state index contributed by atoms with van der Waals surface area (Å²) >= 11 is 0. The number of ether oxygens (including phenoxy) is 4. The lowest BCUT2D eigenvalue weighted by Gasteiger charge is -2.46. The second kappa shape index (κ2) is 19.9. The molecule has 4 aliphatic rings. The number of rotatable bonds is 13. The zero-order valence-corrected chi connectivity index (χ0v) is 40.8. The number of hydrogen-bond acceptors (Lipinski definition) is 11. The van der Waals surface area contributed by atoms with E-state index in [9.17, 15) is 9.90 Å². The van der Waals surface area contributed by atoms with Crippen molar-refractivity contribution in [3.05, 3.63) is 185 Å². The molecule has 3 saturated heterocycles. The molecule has 14 nitrogen and oxygen atoms in total. The van der Waals surface area contributed by atoms with Crippen molar-refractivity contribution in [2.75, 3.05) is 68.3 Å². The standard InChI is InChI=1S/C58H59N5O9/c1-5-59-56(68)62-47-29-20-41(57(2,3)40-18-27-44(69-4)28-19-40)36-46(47)58(55(62)67)48(53(65)60-42-21-23-43(24-22-42)61-30-33-70-34-31-61)50-54(66)72-51(38-14-10-7-11-15-38)49(37-12-8-6-9-13-37)63(50)52(58)39-16-25-45(26-17-39)71-35-32-64/h6-29,36,48-52,64H,5,30-35H2,1-4H3,(H,59,68)(H,60,65)/t48-,49-,50-,51+,52+,58-/m1/s1. The van der Waals surface area contributed by atoms with Crippen molar-refractivity contribution in [3.63, 3.8) is 0 Å². The van der Waals surface area contributed by atoms with Crippen LogP contribution < -0.4 is 29.9 Å². The Labute approximate surface area is 419 Å². The number of aliphatic hydroxyl groups is 1. The number of imide groups is 1. The first kappa shape index (κ1) is 48.1. The summed E-state index contributed by atoms with van der Waals surface area (Å²) < 4.78 is 23.6. The van der Waals surface area contributed by atoms with Crippen molar-refractivity contribution in [3.8, 4) is 11.5 Å². The number of anilines is 3. The predicted molar refractivity (Wildman–Crippen MR) is 273 cm³/mol. The summed E-state index contributed by atoms with van der Waals surface area (Å²) in [5.41, 5.74) is 3.31. The molecular formula is C58H59N5O9. The zero-order valence-electron chi connectivity index (χ0n) is 40.8. The topological polar surface area (TPSA) is 159 Å². The molecule has 14 heteroatoms. The lowest BCUT2D eigenvalue weighted by atomic mass is 9.64. The first-order valence-corrected chi connectivity index (χ1v) is 24.6. The van der Waals surface area contributed by atoms with Crippen LogP contribution in [0, 0.1) is 5.92 Å². The smallest absolute Gasteiger partial charge is 0.328 e. The van der Waals surface area contributed by atoms with Crippen LogP contribution >= 0.6 is 0 Å². The molecule has 4 amide bonds. The second-order valence-corrected chi connectivity index (χ2v) is 19.1. The predicted octanol–water partition coefficient (Wildman–Crippen LogP) is 8.26. The van der Waals surface area contributed by atoms with E-state index in [1.807, 2.05) is 138 Å². The molecule has 4 heterocycles. The number of hydrogen-bond donors (Lipinski definition) is 3. The molecule has 3 N–H and O–H groups in total. The number of amides is 4. The number of fused-ring (bicyclic) bond motifs is 3. The normalized spacial score (nSPS) is 22.8. The minimum Gasteiger partial charge on any atom is -0.497 e. The summed E-state index contributed by atoms with van der Waals surface area (Å²) in [4.78, 5) is 68.4. The van der Waals surface area contributed by atoms with E-state index >= 15 is 14.4 Å². The Hall–Kier alpha value is -7.52. The Morgan fingerprint density at radius 3 is 2.04 bits per heavy atom. The number of methoxy groups -OCH3 is 1. The van der Waals surface area contributed by atoms with E-state index < -0.39 is 64.8 Å². The maximum atomic E-state index is 16.7. The molecule has 1 spiro atoms. The SMILES string of the molecule is CCNC(=O)N1C(=O)[C@@]2(c3cc(C(C)(C)c4ccc(OC)cc4)ccc31)[C@H](c1ccc(OCCO)cc1)N1[C@H](c3ccccc3)[C@H](c3ccccc3)OC(=O)[C@H]1[C@@H]2C(=O)Nc1ccc(N2CCOCC2)cc1. The fourth-order valence-corrected chi connectivity index (χ4v) is 11.4. The third kappa shape index (κ3) is 8.32. The summed E-state index contributed by atoms with van der Waals surface area (Å²) in [6.07, 6.45) is -0.894. The van der Waals surface area contributed by atoms with Crippen molar-refractivity contribution in [1.82, 2.24) is 10.2 Å². The van der Waals surface area contributed by atoms with Gasteiger partial charge in [-0.05, 0) is 94.9 Å². The Morgan fingerprint density at radius 2 is 1.40 bits per heavy atom. The molecule has 72 heavy (non-hydrogen) atoms. The number of carbonyl (C=O) groups excluding carboxylic acids is 4. The summed E-state index contributed by atoms with van der Waals surface area (Å²) in [5, 5.41) is 15.7. The largest absolute Gasteiger partial charge is 0.497 e. The van der Waals surface area contributed by atoms with Crippen LogP contribution in [-0.4, -0.2) is 93.0 Å². The third-order valence-corrected chi connectivity index (χ3v) is 14.9. The lowest BCUT2D eigenvalue weighted by molar-refractivity contribution is -0.177. The van der Waals surface area contributed by atoms with Crippen LogP contribution in [0.25, 0.3) is 0 Å². The molecule has 3 fully saturated rings. The Bertz CT molecular complexity index is 2930. The summed E-state index contributed by atoms with van der Waals surface area (Å²) in [6.45, 7) is 8.66. The summed E-state index contributed by atoms with van der Waals surface area (Å²) in [7, 11) is 1.62. The molecule has 0 radical (unpaired) electrons. The highest BCUT2D eigenvalue weighted by Crippen LogP contribution is 2.66. The van der Waals surface area contributed by atoms with E-state index in [0.29, 0.717) is 47.2 Å². The number of benzene rings is 6. The highest BCUT2D eigenvalue weighted by Gasteiger charge is 2.75. The molecule has 4 aliphatic heterocycles. The van der Waals surface area contributed by atoms with Crippen LogP contribution in [0.4, 0.5) is 21.9 Å². The molecule has 0 unspecified atom stereocenters. The van der Waals surface area contributed by atoms with Gasteiger partial charge >= 0.3 is 12.0 Å². The fraction of sp³-hybridized carbons (Fsp3) is 0.310. The summed E-state index contributed by atoms with van der Waals surface area (Å²) in [6, 6.07) is 43.5. The van der Waals surface area contributed by atoms with E-state index in [-0.39, 0.29) is 19.8 Å². The number of nitrogens with one attached hydrogen (secondary N) is 2. The van der Waals surface area contributed by atoms with Gasteiger partial charge in [0.15, 0.2) is 0 Å². The van der Waals surface area contributed by atoms with Crippen molar-refractivity contribution >= 4 is 40.9 Å². The van der Waals surface area contributed by atoms with Crippen LogP contribution in [0.3, 0.4) is 0 Å².